The number of rotatable bonds is 6. The van der Waals surface area contributed by atoms with Gasteiger partial charge in [-0.25, -0.2) is 8.42 Å². The Kier molecular flexibility index (Phi) is 5.55. The Bertz CT molecular complexity index is 607. The Balaban J connectivity index is 1.99. The molecule has 1 fully saturated rings. The van der Waals surface area contributed by atoms with Crippen LogP contribution >= 0.6 is 0 Å². The van der Waals surface area contributed by atoms with E-state index in [1.165, 1.54) is 36.2 Å². The topological polar surface area (TPSA) is 69.7 Å². The summed E-state index contributed by atoms with van der Waals surface area (Å²) >= 11 is 0. The number of likely N-dealkylation sites (N-methyl/N-ethyl adjacent to an activating group) is 1. The minimum absolute atomic E-state index is 0.182. The van der Waals surface area contributed by atoms with Crippen LogP contribution in [0.1, 0.15) is 19.8 Å². The fourth-order valence-corrected chi connectivity index (χ4v) is 3.66. The molecular formula is C15H23N3O3S. The van der Waals surface area contributed by atoms with E-state index in [-0.39, 0.29) is 10.8 Å². The summed E-state index contributed by atoms with van der Waals surface area (Å²) in [6, 6.07) is 6.24. The van der Waals surface area contributed by atoms with Crippen molar-refractivity contribution < 1.29 is 13.2 Å². The van der Waals surface area contributed by atoms with Crippen molar-refractivity contribution in [3.05, 3.63) is 24.3 Å². The molecule has 2 rings (SSSR count). The van der Waals surface area contributed by atoms with Crippen LogP contribution in [-0.4, -0.2) is 56.8 Å². The van der Waals surface area contributed by atoms with E-state index in [2.05, 4.69) is 10.2 Å². The molecule has 1 saturated heterocycles. The van der Waals surface area contributed by atoms with Gasteiger partial charge in [-0.2, -0.15) is 4.31 Å². The number of anilines is 1. The van der Waals surface area contributed by atoms with Crippen LogP contribution in [0.25, 0.3) is 0 Å². The number of benzene rings is 1. The molecule has 7 heteroatoms. The van der Waals surface area contributed by atoms with Gasteiger partial charge in [0.2, 0.25) is 15.9 Å². The fraction of sp³-hybridized carbons (Fsp3) is 0.533. The van der Waals surface area contributed by atoms with Crippen molar-refractivity contribution in [1.82, 2.24) is 9.21 Å². The predicted octanol–water partition coefficient (Wildman–Crippen LogP) is 1.36. The number of likely N-dealkylation sites (tertiary alicyclic amines) is 1. The smallest absolute Gasteiger partial charge is 0.242 e. The molecule has 0 radical (unpaired) electrons. The number of carbonyl (C=O) groups excluding carboxylic acids is 1. The fourth-order valence-electron chi connectivity index (χ4n) is 2.50. The normalized spacial score (nSPS) is 16.1. The molecule has 122 valence electrons. The van der Waals surface area contributed by atoms with E-state index in [9.17, 15) is 13.2 Å². The van der Waals surface area contributed by atoms with Gasteiger partial charge in [0.25, 0.3) is 0 Å². The minimum Gasteiger partial charge on any atom is -0.326 e. The SMILES string of the molecule is CC(=O)Nc1ccc(S(=O)(=O)N(C)CCN2CCCC2)cc1. The molecule has 0 atom stereocenters. The first kappa shape index (κ1) is 16.9. The number of nitrogens with zero attached hydrogens (tertiary/aromatic N) is 2. The lowest BCUT2D eigenvalue weighted by molar-refractivity contribution is -0.114. The van der Waals surface area contributed by atoms with Gasteiger partial charge in [0, 0.05) is 32.7 Å². The molecule has 1 aromatic rings. The number of hydrogen-bond donors (Lipinski definition) is 1. The van der Waals surface area contributed by atoms with Gasteiger partial charge >= 0.3 is 0 Å². The third-order valence-electron chi connectivity index (χ3n) is 3.81. The van der Waals surface area contributed by atoms with E-state index in [0.717, 1.165) is 19.6 Å². The highest BCUT2D eigenvalue weighted by molar-refractivity contribution is 7.89. The Morgan fingerprint density at radius 3 is 2.36 bits per heavy atom. The molecule has 1 N–H and O–H groups in total. The zero-order valence-electron chi connectivity index (χ0n) is 13.1. The molecule has 0 spiro atoms. The lowest BCUT2D eigenvalue weighted by Gasteiger charge is -2.21. The van der Waals surface area contributed by atoms with Crippen molar-refractivity contribution in [2.24, 2.45) is 0 Å². The van der Waals surface area contributed by atoms with E-state index < -0.39 is 10.0 Å². The molecule has 1 heterocycles. The summed E-state index contributed by atoms with van der Waals surface area (Å²) < 4.78 is 26.4. The molecule has 0 unspecified atom stereocenters. The lowest BCUT2D eigenvalue weighted by Crippen LogP contribution is -2.35. The summed E-state index contributed by atoms with van der Waals surface area (Å²) in [6.07, 6.45) is 2.39. The van der Waals surface area contributed by atoms with Gasteiger partial charge in [-0.05, 0) is 50.2 Å². The van der Waals surface area contributed by atoms with Gasteiger partial charge in [-0.1, -0.05) is 0 Å². The maximum atomic E-state index is 12.5. The highest BCUT2D eigenvalue weighted by Gasteiger charge is 2.22. The number of hydrogen-bond acceptors (Lipinski definition) is 4. The van der Waals surface area contributed by atoms with E-state index >= 15 is 0 Å². The van der Waals surface area contributed by atoms with Gasteiger partial charge in [0.1, 0.15) is 0 Å². The van der Waals surface area contributed by atoms with Crippen LogP contribution in [0.15, 0.2) is 29.2 Å². The molecule has 0 saturated carbocycles. The zero-order valence-corrected chi connectivity index (χ0v) is 13.9. The summed E-state index contributed by atoms with van der Waals surface area (Å²) in [4.78, 5) is 13.5. The maximum absolute atomic E-state index is 12.5. The predicted molar refractivity (Wildman–Crippen MR) is 86.2 cm³/mol. The standard InChI is InChI=1S/C15H23N3O3S/c1-13(19)16-14-5-7-15(8-6-14)22(20,21)17(2)11-12-18-9-3-4-10-18/h5-8H,3-4,9-12H2,1-2H3,(H,16,19). The van der Waals surface area contributed by atoms with Crippen molar-refractivity contribution in [2.45, 2.75) is 24.7 Å². The third-order valence-corrected chi connectivity index (χ3v) is 5.68. The van der Waals surface area contributed by atoms with E-state index in [0.29, 0.717) is 12.2 Å². The Morgan fingerprint density at radius 1 is 1.23 bits per heavy atom. The van der Waals surface area contributed by atoms with Crippen LogP contribution in [0.3, 0.4) is 0 Å². The van der Waals surface area contributed by atoms with Crippen LogP contribution in [0.4, 0.5) is 5.69 Å². The maximum Gasteiger partial charge on any atom is 0.242 e. The molecule has 1 aliphatic rings. The van der Waals surface area contributed by atoms with Gasteiger partial charge in [0.15, 0.2) is 0 Å². The summed E-state index contributed by atoms with van der Waals surface area (Å²) in [5.41, 5.74) is 0.589. The van der Waals surface area contributed by atoms with Crippen molar-refractivity contribution in [2.75, 3.05) is 38.5 Å². The summed E-state index contributed by atoms with van der Waals surface area (Å²) in [6.45, 7) is 4.77. The van der Waals surface area contributed by atoms with Gasteiger partial charge in [0.05, 0.1) is 4.90 Å². The highest BCUT2D eigenvalue weighted by Crippen LogP contribution is 2.18. The summed E-state index contributed by atoms with van der Waals surface area (Å²) in [5, 5.41) is 2.62. The van der Waals surface area contributed by atoms with Gasteiger partial charge < -0.3 is 10.2 Å². The number of amides is 1. The Hall–Kier alpha value is -1.44. The average molecular weight is 325 g/mol. The molecular weight excluding hydrogens is 302 g/mol. The molecule has 6 nitrogen and oxygen atoms in total. The quantitative estimate of drug-likeness (QED) is 0.857. The largest absolute Gasteiger partial charge is 0.326 e. The number of carbonyl (C=O) groups is 1. The van der Waals surface area contributed by atoms with E-state index in [4.69, 9.17) is 0 Å². The number of sulfonamides is 1. The van der Waals surface area contributed by atoms with Crippen LogP contribution in [0, 0.1) is 0 Å². The first-order valence-electron chi connectivity index (χ1n) is 7.46. The Labute approximate surface area is 132 Å². The summed E-state index contributed by atoms with van der Waals surface area (Å²) in [7, 11) is -1.88. The second-order valence-electron chi connectivity index (χ2n) is 5.58. The van der Waals surface area contributed by atoms with Crippen LogP contribution < -0.4 is 5.32 Å². The minimum atomic E-state index is -3.48. The van der Waals surface area contributed by atoms with Crippen molar-refractivity contribution >= 4 is 21.6 Å². The molecule has 1 aromatic carbocycles. The van der Waals surface area contributed by atoms with Crippen LogP contribution in [-0.2, 0) is 14.8 Å². The monoisotopic (exact) mass is 325 g/mol. The molecule has 1 amide bonds. The van der Waals surface area contributed by atoms with Crippen LogP contribution in [0.5, 0.6) is 0 Å². The third kappa shape index (κ3) is 4.28. The second-order valence-corrected chi connectivity index (χ2v) is 7.63. The van der Waals surface area contributed by atoms with Gasteiger partial charge in [-0.15, -0.1) is 0 Å². The zero-order chi connectivity index (χ0) is 16.2. The lowest BCUT2D eigenvalue weighted by atomic mass is 10.3. The van der Waals surface area contributed by atoms with Crippen molar-refractivity contribution in [3.63, 3.8) is 0 Å². The number of nitrogens with one attached hydrogen (secondary N) is 1. The molecule has 1 aliphatic heterocycles. The van der Waals surface area contributed by atoms with Gasteiger partial charge in [-0.3, -0.25) is 4.79 Å². The molecule has 0 aromatic heterocycles. The second kappa shape index (κ2) is 7.21. The molecule has 22 heavy (non-hydrogen) atoms. The summed E-state index contributed by atoms with van der Waals surface area (Å²) in [5.74, 6) is -0.182. The van der Waals surface area contributed by atoms with E-state index in [1.807, 2.05) is 0 Å². The van der Waals surface area contributed by atoms with Crippen molar-refractivity contribution in [1.29, 1.82) is 0 Å². The molecule has 0 aliphatic carbocycles. The highest BCUT2D eigenvalue weighted by atomic mass is 32.2. The first-order valence-corrected chi connectivity index (χ1v) is 8.90. The molecule has 0 bridgehead atoms. The Morgan fingerprint density at radius 2 is 1.82 bits per heavy atom. The van der Waals surface area contributed by atoms with Crippen molar-refractivity contribution in [3.8, 4) is 0 Å². The van der Waals surface area contributed by atoms with E-state index in [1.54, 1.807) is 19.2 Å². The first-order chi connectivity index (χ1) is 10.4. The van der Waals surface area contributed by atoms with Crippen LogP contribution in [0.2, 0.25) is 0 Å². The average Bonchev–Trinajstić information content (AvgIpc) is 2.98.